The van der Waals surface area contributed by atoms with Crippen molar-refractivity contribution < 1.29 is 9.90 Å². The summed E-state index contributed by atoms with van der Waals surface area (Å²) in [7, 11) is 0. The van der Waals surface area contributed by atoms with E-state index in [2.05, 4.69) is 17.2 Å². The smallest absolute Gasteiger partial charge is 0.228 e. The number of halogens is 1. The Balaban J connectivity index is 2.08. The molecule has 20 heavy (non-hydrogen) atoms. The van der Waals surface area contributed by atoms with Gasteiger partial charge in [-0.25, -0.2) is 0 Å². The van der Waals surface area contributed by atoms with Crippen molar-refractivity contribution in [2.24, 2.45) is 5.92 Å². The van der Waals surface area contributed by atoms with Crippen LogP contribution in [-0.4, -0.2) is 29.1 Å². The molecular formula is C15H16ClNO2S. The summed E-state index contributed by atoms with van der Waals surface area (Å²) >= 11 is 7.90. The van der Waals surface area contributed by atoms with Crippen LogP contribution in [0.3, 0.4) is 0 Å². The summed E-state index contributed by atoms with van der Waals surface area (Å²) in [4.78, 5) is 12.1. The lowest BCUT2D eigenvalue weighted by atomic mass is 10.1. The molecule has 1 heterocycles. The Morgan fingerprint density at radius 3 is 3.10 bits per heavy atom. The van der Waals surface area contributed by atoms with Gasteiger partial charge in [0.2, 0.25) is 5.91 Å². The van der Waals surface area contributed by atoms with E-state index in [1.807, 2.05) is 0 Å². The van der Waals surface area contributed by atoms with Crippen LogP contribution in [0.15, 0.2) is 18.2 Å². The van der Waals surface area contributed by atoms with Crippen molar-refractivity contribution in [3.63, 3.8) is 0 Å². The van der Waals surface area contributed by atoms with Gasteiger partial charge in [0.05, 0.1) is 17.3 Å². The van der Waals surface area contributed by atoms with Crippen molar-refractivity contribution in [1.82, 2.24) is 0 Å². The number of anilines is 1. The second-order valence-corrected chi connectivity index (χ2v) is 6.08. The van der Waals surface area contributed by atoms with E-state index in [1.54, 1.807) is 30.0 Å². The largest absolute Gasteiger partial charge is 0.395 e. The first kappa shape index (κ1) is 15.2. The molecule has 5 heteroatoms. The molecule has 1 aromatic rings. The van der Waals surface area contributed by atoms with Crippen molar-refractivity contribution >= 4 is 35.0 Å². The van der Waals surface area contributed by atoms with Crippen molar-refractivity contribution in [3.05, 3.63) is 28.8 Å². The van der Waals surface area contributed by atoms with Crippen LogP contribution in [0.2, 0.25) is 5.02 Å². The third kappa shape index (κ3) is 4.17. The van der Waals surface area contributed by atoms with Gasteiger partial charge in [0.15, 0.2) is 0 Å². The third-order valence-corrected chi connectivity index (χ3v) is 4.49. The number of hydrogen-bond acceptors (Lipinski definition) is 3. The molecule has 0 bridgehead atoms. The van der Waals surface area contributed by atoms with Crippen molar-refractivity contribution in [2.75, 3.05) is 23.4 Å². The lowest BCUT2D eigenvalue weighted by molar-refractivity contribution is -0.119. The molecule has 0 radical (unpaired) electrons. The summed E-state index contributed by atoms with van der Waals surface area (Å²) in [5, 5.41) is 12.1. The number of hydrogen-bond donors (Lipinski definition) is 2. The second kappa shape index (κ2) is 7.58. The van der Waals surface area contributed by atoms with Gasteiger partial charge >= 0.3 is 0 Å². The van der Waals surface area contributed by atoms with Crippen LogP contribution in [0.25, 0.3) is 0 Å². The number of aliphatic hydroxyl groups is 1. The predicted octanol–water partition coefficient (Wildman–Crippen LogP) is 2.77. The zero-order chi connectivity index (χ0) is 14.4. The molecule has 0 aromatic heterocycles. The standard InChI is InChI=1S/C15H16ClNO2S/c16-13-5-4-11(3-1-2-7-18)9-14(13)17-15(19)12-6-8-20-10-12/h4-5,9,12,18H,2,6-8,10H2,(H,17,19). The third-order valence-electron chi connectivity index (χ3n) is 2.99. The fourth-order valence-electron chi connectivity index (χ4n) is 1.90. The molecule has 0 aliphatic carbocycles. The summed E-state index contributed by atoms with van der Waals surface area (Å²) < 4.78 is 0. The van der Waals surface area contributed by atoms with Gasteiger partial charge in [-0.1, -0.05) is 23.4 Å². The lowest BCUT2D eigenvalue weighted by Gasteiger charge is -2.11. The molecule has 1 aliphatic rings. The van der Waals surface area contributed by atoms with Crippen LogP contribution in [0.4, 0.5) is 5.69 Å². The van der Waals surface area contributed by atoms with Gasteiger partial charge in [-0.15, -0.1) is 0 Å². The number of aliphatic hydroxyl groups excluding tert-OH is 1. The molecule has 106 valence electrons. The van der Waals surface area contributed by atoms with Crippen molar-refractivity contribution in [1.29, 1.82) is 0 Å². The Morgan fingerprint density at radius 1 is 1.55 bits per heavy atom. The highest BCUT2D eigenvalue weighted by Gasteiger charge is 2.23. The van der Waals surface area contributed by atoms with Crippen LogP contribution in [0.5, 0.6) is 0 Å². The Morgan fingerprint density at radius 2 is 2.40 bits per heavy atom. The van der Waals surface area contributed by atoms with E-state index in [9.17, 15) is 4.79 Å². The summed E-state index contributed by atoms with van der Waals surface area (Å²) in [5.41, 5.74) is 1.38. The van der Waals surface area contributed by atoms with Crippen LogP contribution in [0, 0.1) is 17.8 Å². The molecule has 2 N–H and O–H groups in total. The van der Waals surface area contributed by atoms with E-state index in [0.717, 1.165) is 23.5 Å². The van der Waals surface area contributed by atoms with Gasteiger partial charge in [-0.05, 0) is 30.4 Å². The molecule has 1 atom stereocenters. The topological polar surface area (TPSA) is 49.3 Å². The fraction of sp³-hybridized carbons (Fsp3) is 0.400. The normalized spacial score (nSPS) is 17.4. The number of amides is 1. The Labute approximate surface area is 128 Å². The summed E-state index contributed by atoms with van der Waals surface area (Å²) in [6.45, 7) is 0.0452. The van der Waals surface area contributed by atoms with Gasteiger partial charge in [0, 0.05) is 23.7 Å². The molecule has 1 aliphatic heterocycles. The highest BCUT2D eigenvalue weighted by molar-refractivity contribution is 7.99. The van der Waals surface area contributed by atoms with Gasteiger partial charge < -0.3 is 10.4 Å². The van der Waals surface area contributed by atoms with E-state index in [4.69, 9.17) is 16.7 Å². The number of benzene rings is 1. The van der Waals surface area contributed by atoms with Crippen LogP contribution < -0.4 is 5.32 Å². The van der Waals surface area contributed by atoms with Crippen LogP contribution >= 0.6 is 23.4 Å². The van der Waals surface area contributed by atoms with Gasteiger partial charge in [-0.3, -0.25) is 4.79 Å². The molecule has 1 saturated heterocycles. The highest BCUT2D eigenvalue weighted by atomic mass is 35.5. The molecule has 1 unspecified atom stereocenters. The molecular weight excluding hydrogens is 294 g/mol. The predicted molar refractivity (Wildman–Crippen MR) is 84.1 cm³/mol. The quantitative estimate of drug-likeness (QED) is 0.844. The number of carbonyl (C=O) groups excluding carboxylic acids is 1. The summed E-state index contributed by atoms with van der Waals surface area (Å²) in [6.07, 6.45) is 1.35. The van der Waals surface area contributed by atoms with Gasteiger partial charge in [0.25, 0.3) is 0 Å². The maximum Gasteiger partial charge on any atom is 0.228 e. The van der Waals surface area contributed by atoms with Crippen molar-refractivity contribution in [2.45, 2.75) is 12.8 Å². The molecule has 0 spiro atoms. The monoisotopic (exact) mass is 309 g/mol. The minimum Gasteiger partial charge on any atom is -0.395 e. The first-order valence-electron chi connectivity index (χ1n) is 6.48. The minimum atomic E-state index is 0.0253. The van der Waals surface area contributed by atoms with Crippen LogP contribution in [-0.2, 0) is 4.79 Å². The maximum absolute atomic E-state index is 12.1. The van der Waals surface area contributed by atoms with Crippen LogP contribution in [0.1, 0.15) is 18.4 Å². The van der Waals surface area contributed by atoms with Gasteiger partial charge in [-0.2, -0.15) is 11.8 Å². The fourth-order valence-corrected chi connectivity index (χ4v) is 3.28. The molecule has 2 rings (SSSR count). The average Bonchev–Trinajstić information content (AvgIpc) is 2.97. The highest BCUT2D eigenvalue weighted by Crippen LogP contribution is 2.27. The Hall–Kier alpha value is -1.15. The number of nitrogens with one attached hydrogen (secondary N) is 1. The van der Waals surface area contributed by atoms with E-state index in [0.29, 0.717) is 17.1 Å². The maximum atomic E-state index is 12.1. The zero-order valence-electron chi connectivity index (χ0n) is 11.0. The first-order chi connectivity index (χ1) is 9.70. The number of rotatable bonds is 3. The number of carbonyl (C=O) groups is 1. The summed E-state index contributed by atoms with van der Waals surface area (Å²) in [6, 6.07) is 5.30. The molecule has 0 saturated carbocycles. The molecule has 1 aromatic carbocycles. The minimum absolute atomic E-state index is 0.0253. The molecule has 1 amide bonds. The average molecular weight is 310 g/mol. The lowest BCUT2D eigenvalue weighted by Crippen LogP contribution is -2.22. The SMILES string of the molecule is O=C(Nc1cc(C#CCCO)ccc1Cl)C1CCSC1. The van der Waals surface area contributed by atoms with E-state index < -0.39 is 0 Å². The molecule has 1 fully saturated rings. The van der Waals surface area contributed by atoms with Gasteiger partial charge in [0.1, 0.15) is 0 Å². The second-order valence-electron chi connectivity index (χ2n) is 4.52. The first-order valence-corrected chi connectivity index (χ1v) is 8.02. The Bertz CT molecular complexity index is 545. The zero-order valence-corrected chi connectivity index (χ0v) is 12.6. The van der Waals surface area contributed by atoms with E-state index >= 15 is 0 Å². The van der Waals surface area contributed by atoms with E-state index in [1.165, 1.54) is 0 Å². The molecule has 3 nitrogen and oxygen atoms in total. The Kier molecular flexibility index (Phi) is 5.78. The van der Waals surface area contributed by atoms with E-state index in [-0.39, 0.29) is 18.4 Å². The van der Waals surface area contributed by atoms with Crippen molar-refractivity contribution in [3.8, 4) is 11.8 Å². The summed E-state index contributed by atoms with van der Waals surface area (Å²) in [5.74, 6) is 7.79. The number of thioether (sulfide) groups is 1.